The molecule has 68 valence electrons. The second kappa shape index (κ2) is 5.51. The predicted octanol–water partition coefficient (Wildman–Crippen LogP) is 0.0916. The van der Waals surface area contributed by atoms with E-state index < -0.39 is 10.1 Å². The van der Waals surface area contributed by atoms with Gasteiger partial charge in [0, 0.05) is 6.54 Å². The van der Waals surface area contributed by atoms with Gasteiger partial charge in [-0.05, 0) is 6.42 Å². The summed E-state index contributed by atoms with van der Waals surface area (Å²) in [6.07, 6.45) is 1.70. The molecule has 0 amide bonds. The molecule has 5 heteroatoms. The lowest BCUT2D eigenvalue weighted by molar-refractivity contribution is 0.311. The lowest BCUT2D eigenvalue weighted by Crippen LogP contribution is -2.18. The summed E-state index contributed by atoms with van der Waals surface area (Å²) < 4.78 is 26.2. The molecular formula is C6H15NO3S. The molecule has 0 saturated carbocycles. The Hall–Kier alpha value is -0.130. The quantitative estimate of drug-likeness (QED) is 0.466. The van der Waals surface area contributed by atoms with E-state index in [0.29, 0.717) is 0 Å². The topological polar surface area (TPSA) is 69.4 Å². The minimum absolute atomic E-state index is 0.0866. The van der Waals surface area contributed by atoms with Gasteiger partial charge >= 0.3 is 0 Å². The van der Waals surface area contributed by atoms with Crippen molar-refractivity contribution < 1.29 is 12.6 Å². The van der Waals surface area contributed by atoms with Gasteiger partial charge in [0.2, 0.25) is 0 Å². The van der Waals surface area contributed by atoms with Gasteiger partial charge < -0.3 is 5.73 Å². The van der Waals surface area contributed by atoms with E-state index in [9.17, 15) is 8.42 Å². The third-order valence-corrected chi connectivity index (χ3v) is 2.39. The van der Waals surface area contributed by atoms with Crippen LogP contribution in [0.3, 0.4) is 0 Å². The number of hydrogen-bond donors (Lipinski definition) is 1. The Bertz CT molecular complexity index is 176. The number of unbranched alkanes of at least 4 members (excludes halogenated alkanes) is 1. The Kier molecular flexibility index (Phi) is 5.45. The van der Waals surface area contributed by atoms with Crippen molar-refractivity contribution in [2.24, 2.45) is 5.73 Å². The van der Waals surface area contributed by atoms with Gasteiger partial charge in [-0.3, -0.25) is 4.18 Å². The van der Waals surface area contributed by atoms with Gasteiger partial charge in [-0.2, -0.15) is 8.42 Å². The van der Waals surface area contributed by atoms with Gasteiger partial charge in [0.15, 0.2) is 0 Å². The van der Waals surface area contributed by atoms with E-state index in [4.69, 9.17) is 5.73 Å². The molecule has 0 saturated heterocycles. The van der Waals surface area contributed by atoms with Crippen LogP contribution in [0, 0.1) is 0 Å². The molecule has 0 rings (SSSR count). The SMILES string of the molecule is CCCCOS(=O)(=O)CCN. The molecule has 0 aromatic rings. The van der Waals surface area contributed by atoms with Crippen molar-refractivity contribution in [1.82, 2.24) is 0 Å². The standard InChI is InChI=1S/C6H15NO3S/c1-2-3-5-10-11(8,9)6-4-7/h2-7H2,1H3. The molecular weight excluding hydrogens is 166 g/mol. The van der Waals surface area contributed by atoms with Crippen molar-refractivity contribution in [3.8, 4) is 0 Å². The zero-order valence-electron chi connectivity index (χ0n) is 6.75. The molecule has 0 spiro atoms. The Morgan fingerprint density at radius 2 is 2.09 bits per heavy atom. The molecule has 0 aromatic carbocycles. The monoisotopic (exact) mass is 181 g/mol. The Labute approximate surface area is 67.9 Å². The molecule has 4 nitrogen and oxygen atoms in total. The van der Waals surface area contributed by atoms with Crippen molar-refractivity contribution >= 4 is 10.1 Å². The van der Waals surface area contributed by atoms with E-state index in [1.165, 1.54) is 0 Å². The second-order valence-electron chi connectivity index (χ2n) is 2.23. The number of rotatable bonds is 6. The highest BCUT2D eigenvalue weighted by molar-refractivity contribution is 7.86. The van der Waals surface area contributed by atoms with E-state index in [1.54, 1.807) is 0 Å². The summed E-state index contributed by atoms with van der Waals surface area (Å²) in [4.78, 5) is 0. The maximum atomic E-state index is 10.8. The molecule has 0 aliphatic carbocycles. The first kappa shape index (κ1) is 10.9. The van der Waals surface area contributed by atoms with Crippen molar-refractivity contribution in [3.05, 3.63) is 0 Å². The smallest absolute Gasteiger partial charge is 0.268 e. The highest BCUT2D eigenvalue weighted by Crippen LogP contribution is 1.95. The van der Waals surface area contributed by atoms with Gasteiger partial charge in [0.1, 0.15) is 0 Å². The molecule has 0 aromatic heterocycles. The number of hydrogen-bond acceptors (Lipinski definition) is 4. The summed E-state index contributed by atoms with van der Waals surface area (Å²) in [6.45, 7) is 2.37. The Morgan fingerprint density at radius 3 is 2.55 bits per heavy atom. The van der Waals surface area contributed by atoms with E-state index in [-0.39, 0.29) is 18.9 Å². The minimum atomic E-state index is -3.33. The van der Waals surface area contributed by atoms with Gasteiger partial charge in [0.25, 0.3) is 10.1 Å². The van der Waals surface area contributed by atoms with Crippen molar-refractivity contribution in [2.75, 3.05) is 18.9 Å². The van der Waals surface area contributed by atoms with Crippen LogP contribution in [0.5, 0.6) is 0 Å². The fourth-order valence-electron chi connectivity index (χ4n) is 0.533. The summed E-state index contributed by atoms with van der Waals surface area (Å²) in [5.74, 6) is -0.0866. The summed E-state index contributed by atoms with van der Waals surface area (Å²) in [5, 5.41) is 0. The fourth-order valence-corrected chi connectivity index (χ4v) is 1.31. The van der Waals surface area contributed by atoms with Crippen LogP contribution < -0.4 is 5.73 Å². The van der Waals surface area contributed by atoms with Crippen LogP contribution in [0.1, 0.15) is 19.8 Å². The average molecular weight is 181 g/mol. The van der Waals surface area contributed by atoms with E-state index in [0.717, 1.165) is 12.8 Å². The summed E-state index contributed by atoms with van der Waals surface area (Å²) in [6, 6.07) is 0. The first-order chi connectivity index (χ1) is 5.12. The molecule has 0 fully saturated rings. The fraction of sp³-hybridized carbons (Fsp3) is 1.00. The Balaban J connectivity index is 3.56. The van der Waals surface area contributed by atoms with Gasteiger partial charge in [-0.1, -0.05) is 13.3 Å². The van der Waals surface area contributed by atoms with Crippen LogP contribution in [-0.2, 0) is 14.3 Å². The lowest BCUT2D eigenvalue weighted by Gasteiger charge is -2.01. The van der Waals surface area contributed by atoms with Crippen LogP contribution in [0.2, 0.25) is 0 Å². The van der Waals surface area contributed by atoms with E-state index in [2.05, 4.69) is 4.18 Å². The first-order valence-electron chi connectivity index (χ1n) is 3.69. The predicted molar refractivity (Wildman–Crippen MR) is 43.7 cm³/mol. The summed E-state index contributed by atoms with van der Waals surface area (Å²) in [7, 11) is -3.33. The molecule has 0 aliphatic heterocycles. The summed E-state index contributed by atoms with van der Waals surface area (Å²) in [5.41, 5.74) is 5.06. The zero-order chi connectivity index (χ0) is 8.74. The Morgan fingerprint density at radius 1 is 1.45 bits per heavy atom. The van der Waals surface area contributed by atoms with Crippen molar-refractivity contribution in [3.63, 3.8) is 0 Å². The van der Waals surface area contributed by atoms with Gasteiger partial charge in [-0.15, -0.1) is 0 Å². The molecule has 0 heterocycles. The number of nitrogens with two attached hydrogens (primary N) is 1. The van der Waals surface area contributed by atoms with E-state index in [1.807, 2.05) is 6.92 Å². The molecule has 0 unspecified atom stereocenters. The normalized spacial score (nSPS) is 11.8. The first-order valence-corrected chi connectivity index (χ1v) is 5.27. The van der Waals surface area contributed by atoms with Crippen LogP contribution in [-0.4, -0.2) is 27.3 Å². The third-order valence-electron chi connectivity index (χ3n) is 1.13. The molecule has 0 aliphatic rings. The highest BCUT2D eigenvalue weighted by Gasteiger charge is 2.07. The molecule has 0 atom stereocenters. The lowest BCUT2D eigenvalue weighted by atomic mass is 10.4. The van der Waals surface area contributed by atoms with Crippen LogP contribution in [0.15, 0.2) is 0 Å². The second-order valence-corrected chi connectivity index (χ2v) is 3.99. The summed E-state index contributed by atoms with van der Waals surface area (Å²) >= 11 is 0. The molecule has 11 heavy (non-hydrogen) atoms. The zero-order valence-corrected chi connectivity index (χ0v) is 7.56. The maximum Gasteiger partial charge on any atom is 0.268 e. The maximum absolute atomic E-state index is 10.8. The largest absolute Gasteiger partial charge is 0.329 e. The van der Waals surface area contributed by atoms with Crippen LogP contribution >= 0.6 is 0 Å². The van der Waals surface area contributed by atoms with Gasteiger partial charge in [-0.25, -0.2) is 0 Å². The van der Waals surface area contributed by atoms with Crippen molar-refractivity contribution in [2.45, 2.75) is 19.8 Å². The average Bonchev–Trinajstić information content (AvgIpc) is 1.87. The molecule has 0 radical (unpaired) electrons. The van der Waals surface area contributed by atoms with Crippen LogP contribution in [0.4, 0.5) is 0 Å². The van der Waals surface area contributed by atoms with Crippen LogP contribution in [0.25, 0.3) is 0 Å². The minimum Gasteiger partial charge on any atom is -0.329 e. The van der Waals surface area contributed by atoms with E-state index >= 15 is 0 Å². The van der Waals surface area contributed by atoms with Gasteiger partial charge in [0.05, 0.1) is 12.4 Å². The molecule has 0 bridgehead atoms. The molecule has 2 N–H and O–H groups in total. The van der Waals surface area contributed by atoms with Crippen molar-refractivity contribution in [1.29, 1.82) is 0 Å². The third kappa shape index (κ3) is 6.28. The highest BCUT2D eigenvalue weighted by atomic mass is 32.2.